The van der Waals surface area contributed by atoms with Crippen LogP contribution in [0.15, 0.2) is 12.1 Å². The van der Waals surface area contributed by atoms with E-state index < -0.39 is 5.60 Å². The largest absolute Gasteiger partial charge is 0.493 e. The molecule has 1 heterocycles. The fraction of sp³-hybridized carbons (Fsp3) is 0.467. The normalized spacial score (nSPS) is 15.8. The maximum absolute atomic E-state index is 12.3. The number of ether oxygens (including phenoxy) is 3. The minimum atomic E-state index is -0.517. The van der Waals surface area contributed by atoms with Crippen LogP contribution in [-0.4, -0.2) is 42.7 Å². The second-order valence-electron chi connectivity index (χ2n) is 5.72. The predicted octanol–water partition coefficient (Wildman–Crippen LogP) is 2.66. The minimum Gasteiger partial charge on any atom is -0.493 e. The Balaban J connectivity index is 2.43. The molecular weight excluding hydrogens is 290 g/mol. The summed E-state index contributed by atoms with van der Waals surface area (Å²) in [6.45, 7) is 3.76. The molecule has 5 nitrogen and oxygen atoms in total. The van der Waals surface area contributed by atoms with Gasteiger partial charge in [0.25, 0.3) is 5.17 Å². The molecule has 0 radical (unpaired) electrons. The lowest BCUT2D eigenvalue weighted by molar-refractivity contribution is 0.0617. The highest BCUT2D eigenvalue weighted by molar-refractivity contribution is 7.80. The van der Waals surface area contributed by atoms with Gasteiger partial charge in [-0.3, -0.25) is 4.79 Å². The van der Waals surface area contributed by atoms with Gasteiger partial charge in [-0.25, -0.2) is 0 Å². The van der Waals surface area contributed by atoms with Crippen LogP contribution >= 0.6 is 12.2 Å². The van der Waals surface area contributed by atoms with Gasteiger partial charge in [0.05, 0.1) is 19.1 Å². The van der Waals surface area contributed by atoms with Gasteiger partial charge in [-0.1, -0.05) is 0 Å². The van der Waals surface area contributed by atoms with Crippen LogP contribution in [-0.2, 0) is 0 Å². The van der Waals surface area contributed by atoms with Crippen LogP contribution in [0.25, 0.3) is 0 Å². The van der Waals surface area contributed by atoms with Gasteiger partial charge in [0.1, 0.15) is 11.4 Å². The van der Waals surface area contributed by atoms with Gasteiger partial charge in [-0.05, 0) is 32.1 Å². The quantitative estimate of drug-likeness (QED) is 0.783. The summed E-state index contributed by atoms with van der Waals surface area (Å²) in [4.78, 5) is 13.9. The first-order chi connectivity index (χ1) is 9.73. The molecule has 0 saturated carbocycles. The highest BCUT2D eigenvalue weighted by Crippen LogP contribution is 2.40. The topological polar surface area (TPSA) is 48.0 Å². The zero-order valence-corrected chi connectivity index (χ0v) is 13.7. The number of hydrogen-bond donors (Lipinski definition) is 0. The van der Waals surface area contributed by atoms with E-state index in [0.29, 0.717) is 29.2 Å². The maximum Gasteiger partial charge on any atom is 0.264 e. The number of ketones is 1. The van der Waals surface area contributed by atoms with Crippen LogP contribution in [0.3, 0.4) is 0 Å². The first kappa shape index (κ1) is 15.6. The average molecular weight is 309 g/mol. The van der Waals surface area contributed by atoms with Crippen LogP contribution < -0.4 is 14.2 Å². The van der Waals surface area contributed by atoms with Gasteiger partial charge in [0.2, 0.25) is 0 Å². The Bertz CT molecular complexity index is 596. The van der Waals surface area contributed by atoms with Crippen molar-refractivity contribution in [3.8, 4) is 17.2 Å². The van der Waals surface area contributed by atoms with E-state index in [4.69, 9.17) is 26.4 Å². The van der Waals surface area contributed by atoms with E-state index in [1.165, 1.54) is 7.11 Å². The minimum absolute atomic E-state index is 0.0181. The van der Waals surface area contributed by atoms with E-state index >= 15 is 0 Å². The van der Waals surface area contributed by atoms with Crippen molar-refractivity contribution in [2.45, 2.75) is 25.9 Å². The van der Waals surface area contributed by atoms with E-state index in [1.807, 2.05) is 13.8 Å². The van der Waals surface area contributed by atoms with Crippen molar-refractivity contribution in [2.24, 2.45) is 0 Å². The summed E-state index contributed by atoms with van der Waals surface area (Å²) in [5.41, 5.74) is -0.0252. The molecule has 0 fully saturated rings. The Morgan fingerprint density at radius 1 is 1.33 bits per heavy atom. The number of nitrogens with zero attached hydrogens (tertiary/aromatic N) is 1. The van der Waals surface area contributed by atoms with Crippen molar-refractivity contribution < 1.29 is 19.0 Å². The number of carbonyl (C=O) groups excluding carboxylic acids is 1. The molecule has 0 amide bonds. The highest BCUT2D eigenvalue weighted by Gasteiger charge is 2.33. The molecule has 1 aliphatic rings. The number of Topliss-reactive ketones (excluding diaryl/α,β-unsaturated/α-hetero) is 1. The maximum atomic E-state index is 12.3. The second-order valence-corrected chi connectivity index (χ2v) is 6.07. The van der Waals surface area contributed by atoms with Gasteiger partial charge in [-0.2, -0.15) is 0 Å². The molecule has 0 aliphatic carbocycles. The molecule has 1 aliphatic heterocycles. The number of fused-ring (bicyclic) bond motifs is 1. The van der Waals surface area contributed by atoms with Gasteiger partial charge in [0.15, 0.2) is 17.3 Å². The third-order valence-electron chi connectivity index (χ3n) is 3.10. The van der Waals surface area contributed by atoms with Crippen LogP contribution in [0.2, 0.25) is 0 Å². The summed E-state index contributed by atoms with van der Waals surface area (Å²) in [7, 11) is 5.09. The van der Waals surface area contributed by atoms with Crippen molar-refractivity contribution in [2.75, 3.05) is 21.2 Å². The SMILES string of the molecule is COc1cc2c(cc1OC(=S)N(C)C)C(=O)CC(C)(C)O2. The molecule has 0 bridgehead atoms. The fourth-order valence-electron chi connectivity index (χ4n) is 2.08. The molecule has 0 N–H and O–H groups in total. The summed E-state index contributed by atoms with van der Waals surface area (Å²) in [5.74, 6) is 1.41. The van der Waals surface area contributed by atoms with Gasteiger partial charge in [-0.15, -0.1) is 0 Å². The van der Waals surface area contributed by atoms with Crippen LogP contribution in [0.5, 0.6) is 17.2 Å². The molecule has 0 saturated heterocycles. The number of methoxy groups -OCH3 is 1. The lowest BCUT2D eigenvalue weighted by atomic mass is 9.93. The zero-order valence-electron chi connectivity index (χ0n) is 12.9. The van der Waals surface area contributed by atoms with Crippen LogP contribution in [0.1, 0.15) is 30.6 Å². The smallest absolute Gasteiger partial charge is 0.264 e. The van der Waals surface area contributed by atoms with Crippen molar-refractivity contribution in [1.29, 1.82) is 0 Å². The Kier molecular flexibility index (Phi) is 4.09. The number of thiocarbonyl (C=S) groups is 1. The Labute approximate surface area is 129 Å². The fourth-order valence-corrected chi connectivity index (χ4v) is 2.17. The summed E-state index contributed by atoms with van der Waals surface area (Å²) in [6.07, 6.45) is 0.323. The molecule has 2 rings (SSSR count). The molecule has 21 heavy (non-hydrogen) atoms. The molecule has 0 unspecified atom stereocenters. The summed E-state index contributed by atoms with van der Waals surface area (Å²) < 4.78 is 16.7. The van der Waals surface area contributed by atoms with E-state index in [2.05, 4.69) is 0 Å². The average Bonchev–Trinajstić information content (AvgIpc) is 2.37. The summed E-state index contributed by atoms with van der Waals surface area (Å²) >= 11 is 5.12. The Morgan fingerprint density at radius 2 is 2.00 bits per heavy atom. The molecule has 0 atom stereocenters. The van der Waals surface area contributed by atoms with Gasteiger partial charge in [0, 0.05) is 20.2 Å². The Morgan fingerprint density at radius 3 is 2.57 bits per heavy atom. The molecule has 114 valence electrons. The number of carbonyl (C=O) groups is 1. The molecule has 1 aromatic carbocycles. The van der Waals surface area contributed by atoms with Crippen molar-refractivity contribution in [3.63, 3.8) is 0 Å². The van der Waals surface area contributed by atoms with Crippen molar-refractivity contribution in [1.82, 2.24) is 4.90 Å². The van der Waals surface area contributed by atoms with E-state index in [9.17, 15) is 4.79 Å². The van der Waals surface area contributed by atoms with Crippen LogP contribution in [0, 0.1) is 0 Å². The van der Waals surface area contributed by atoms with Crippen molar-refractivity contribution >= 4 is 23.2 Å². The van der Waals surface area contributed by atoms with E-state index in [-0.39, 0.29) is 11.0 Å². The Hall–Kier alpha value is -1.82. The zero-order chi connectivity index (χ0) is 15.8. The first-order valence-corrected chi connectivity index (χ1v) is 6.98. The van der Waals surface area contributed by atoms with E-state index in [1.54, 1.807) is 31.1 Å². The lowest BCUT2D eigenvalue weighted by Gasteiger charge is -2.32. The molecule has 6 heteroatoms. The van der Waals surface area contributed by atoms with Gasteiger partial charge >= 0.3 is 0 Å². The van der Waals surface area contributed by atoms with Gasteiger partial charge < -0.3 is 19.1 Å². The molecule has 1 aromatic rings. The number of benzene rings is 1. The lowest BCUT2D eigenvalue weighted by Crippen LogP contribution is -2.36. The molecule has 0 spiro atoms. The molecule has 0 aromatic heterocycles. The number of hydrogen-bond acceptors (Lipinski definition) is 5. The number of rotatable bonds is 2. The third-order valence-corrected chi connectivity index (χ3v) is 3.55. The second kappa shape index (κ2) is 5.52. The first-order valence-electron chi connectivity index (χ1n) is 6.57. The van der Waals surface area contributed by atoms with Crippen molar-refractivity contribution in [3.05, 3.63) is 17.7 Å². The third kappa shape index (κ3) is 3.26. The monoisotopic (exact) mass is 309 g/mol. The standard InChI is InChI=1S/C15H19NO4S/c1-15(2)8-10(17)9-6-13(19-14(21)16(3)4)12(18-5)7-11(9)20-15/h6-7H,8H2,1-5H3. The summed E-state index contributed by atoms with van der Waals surface area (Å²) in [5, 5.41) is 0.290. The molecular formula is C15H19NO4S. The summed E-state index contributed by atoms with van der Waals surface area (Å²) in [6, 6.07) is 3.29. The van der Waals surface area contributed by atoms with Crippen LogP contribution in [0.4, 0.5) is 0 Å². The highest BCUT2D eigenvalue weighted by atomic mass is 32.1. The predicted molar refractivity (Wildman–Crippen MR) is 83.6 cm³/mol. The van der Waals surface area contributed by atoms with E-state index in [0.717, 1.165) is 0 Å².